The Hall–Kier alpha value is -2.52. The van der Waals surface area contributed by atoms with Crippen LogP contribution >= 0.6 is 12.4 Å². The van der Waals surface area contributed by atoms with Crippen LogP contribution in [0.4, 0.5) is 4.39 Å². The van der Waals surface area contributed by atoms with E-state index in [2.05, 4.69) is 35.8 Å². The second-order valence-corrected chi connectivity index (χ2v) is 10.4. The molecule has 0 unspecified atom stereocenters. The van der Waals surface area contributed by atoms with Gasteiger partial charge in [0.25, 0.3) is 0 Å². The molecule has 0 amide bonds. The molecule has 0 spiro atoms. The summed E-state index contributed by atoms with van der Waals surface area (Å²) in [5.74, 6) is 0.658. The number of aromatic nitrogens is 2. The zero-order valence-corrected chi connectivity index (χ0v) is 23.6. The molecule has 2 aromatic carbocycles. The number of nitrogens with zero attached hydrogens (tertiary/aromatic N) is 2. The molecule has 210 valence electrons. The standard InChI is InChI=1S/C29H38FN3O3.ClH.H2O/c1-20(2)28-23-12-11-22(30)18-21(23)13-14-29(28,36-27(34)19-35-4)15-17-33(3)16-7-10-26-31-24-8-5-6-9-25(24)32-26;;/h5-6,8-9,11-12,18,20,28H,7,10,13-17,19H2,1-4H3,(H,31,32);1H;1H2/t28-,29-;;/m0../s1. The Bertz CT molecular complexity index is 1150. The van der Waals surface area contributed by atoms with Crippen molar-refractivity contribution in [2.45, 2.75) is 57.5 Å². The summed E-state index contributed by atoms with van der Waals surface area (Å²) in [6.45, 7) is 5.93. The second kappa shape index (κ2) is 14.0. The van der Waals surface area contributed by atoms with Gasteiger partial charge in [-0.05, 0) is 74.2 Å². The SMILES string of the molecule is COCC(=O)O[C@]1(CCN(C)CCCc2nc3ccccc3[nH]2)CCc2cc(F)ccc2[C@@H]1C(C)C.Cl.O. The summed E-state index contributed by atoms with van der Waals surface area (Å²) in [6, 6.07) is 13.1. The van der Waals surface area contributed by atoms with E-state index in [1.54, 1.807) is 6.07 Å². The van der Waals surface area contributed by atoms with Gasteiger partial charge in [0.2, 0.25) is 0 Å². The quantitative estimate of drug-likeness (QED) is 0.344. The van der Waals surface area contributed by atoms with Crippen LogP contribution in [-0.2, 0) is 27.1 Å². The van der Waals surface area contributed by atoms with Crippen molar-refractivity contribution in [3.63, 3.8) is 0 Å². The lowest BCUT2D eigenvalue weighted by Crippen LogP contribution is -2.49. The third-order valence-corrected chi connectivity index (χ3v) is 7.38. The molecule has 4 rings (SSSR count). The number of benzene rings is 2. The number of nitrogens with one attached hydrogen (secondary N) is 1. The first kappa shape index (κ1) is 31.7. The van der Waals surface area contributed by atoms with Gasteiger partial charge in [0.1, 0.15) is 23.8 Å². The van der Waals surface area contributed by atoms with Crippen LogP contribution in [0.2, 0.25) is 0 Å². The van der Waals surface area contributed by atoms with Gasteiger partial charge >= 0.3 is 5.97 Å². The highest BCUT2D eigenvalue weighted by atomic mass is 35.5. The lowest BCUT2D eigenvalue weighted by atomic mass is 9.65. The zero-order valence-electron chi connectivity index (χ0n) is 22.8. The normalized spacial score (nSPS) is 18.7. The number of fused-ring (bicyclic) bond motifs is 2. The van der Waals surface area contributed by atoms with Crippen LogP contribution < -0.4 is 0 Å². The van der Waals surface area contributed by atoms with Crippen molar-refractivity contribution in [1.29, 1.82) is 0 Å². The van der Waals surface area contributed by atoms with Crippen molar-refractivity contribution in [3.8, 4) is 0 Å². The van der Waals surface area contributed by atoms with Crippen molar-refractivity contribution < 1.29 is 24.1 Å². The van der Waals surface area contributed by atoms with Gasteiger partial charge in [0.15, 0.2) is 0 Å². The van der Waals surface area contributed by atoms with E-state index in [0.29, 0.717) is 19.3 Å². The first-order chi connectivity index (χ1) is 17.3. The van der Waals surface area contributed by atoms with Crippen molar-refractivity contribution in [3.05, 3.63) is 65.2 Å². The zero-order chi connectivity index (χ0) is 25.7. The third kappa shape index (κ3) is 7.32. The predicted molar refractivity (Wildman–Crippen MR) is 150 cm³/mol. The molecule has 0 bridgehead atoms. The molecule has 7 nitrogen and oxygen atoms in total. The molecule has 9 heteroatoms. The number of imidazole rings is 1. The number of rotatable bonds is 11. The molecule has 1 aromatic heterocycles. The fourth-order valence-electron chi connectivity index (χ4n) is 5.80. The molecule has 38 heavy (non-hydrogen) atoms. The van der Waals surface area contributed by atoms with Gasteiger partial charge in [-0.25, -0.2) is 14.2 Å². The predicted octanol–water partition coefficient (Wildman–Crippen LogP) is 4.87. The highest BCUT2D eigenvalue weighted by Gasteiger charge is 2.47. The first-order valence-electron chi connectivity index (χ1n) is 12.9. The van der Waals surface area contributed by atoms with Gasteiger partial charge in [-0.1, -0.05) is 32.0 Å². The highest BCUT2D eigenvalue weighted by molar-refractivity contribution is 5.85. The van der Waals surface area contributed by atoms with Crippen LogP contribution in [-0.4, -0.2) is 65.8 Å². The van der Waals surface area contributed by atoms with E-state index in [1.165, 1.54) is 13.2 Å². The summed E-state index contributed by atoms with van der Waals surface area (Å²) in [4.78, 5) is 23.0. The van der Waals surface area contributed by atoms with Crippen LogP contribution in [0.3, 0.4) is 0 Å². The smallest absolute Gasteiger partial charge is 0.332 e. The van der Waals surface area contributed by atoms with Crippen LogP contribution in [0, 0.1) is 11.7 Å². The first-order valence-corrected chi connectivity index (χ1v) is 12.9. The number of hydrogen-bond donors (Lipinski definition) is 1. The summed E-state index contributed by atoms with van der Waals surface area (Å²) >= 11 is 0. The van der Waals surface area contributed by atoms with E-state index in [9.17, 15) is 9.18 Å². The molecule has 0 aliphatic heterocycles. The number of aromatic amines is 1. The fourth-order valence-corrected chi connectivity index (χ4v) is 5.80. The molecule has 1 heterocycles. The lowest BCUT2D eigenvalue weighted by Gasteiger charge is -2.47. The molecule has 1 aliphatic rings. The Kier molecular flexibility index (Phi) is 11.7. The largest absolute Gasteiger partial charge is 0.457 e. The molecule has 3 N–H and O–H groups in total. The van der Waals surface area contributed by atoms with Crippen molar-refractivity contribution in [1.82, 2.24) is 14.9 Å². The number of H-pyrrole nitrogens is 1. The van der Waals surface area contributed by atoms with Gasteiger partial charge in [0.05, 0.1) is 11.0 Å². The lowest BCUT2D eigenvalue weighted by molar-refractivity contribution is -0.172. The molecular formula is C29H41ClFN3O4. The number of methoxy groups -OCH3 is 1. The number of halogens is 2. The van der Waals surface area contributed by atoms with Gasteiger partial charge in [-0.3, -0.25) is 0 Å². The van der Waals surface area contributed by atoms with E-state index < -0.39 is 5.60 Å². The Morgan fingerprint density at radius 2 is 2.00 bits per heavy atom. The van der Waals surface area contributed by atoms with Crippen molar-refractivity contribution in [2.75, 3.05) is 33.9 Å². The van der Waals surface area contributed by atoms with Gasteiger partial charge < -0.3 is 24.8 Å². The maximum Gasteiger partial charge on any atom is 0.332 e. The van der Waals surface area contributed by atoms with E-state index in [-0.39, 0.29) is 48.1 Å². The molecular weight excluding hydrogens is 509 g/mol. The number of carbonyl (C=O) groups excluding carboxylic acids is 1. The van der Waals surface area contributed by atoms with Gasteiger partial charge in [-0.15, -0.1) is 12.4 Å². The second-order valence-electron chi connectivity index (χ2n) is 10.4. The monoisotopic (exact) mass is 549 g/mol. The minimum atomic E-state index is -0.651. The number of carbonyl (C=O) groups is 1. The van der Waals surface area contributed by atoms with E-state index in [4.69, 9.17) is 9.47 Å². The fraction of sp³-hybridized carbons (Fsp3) is 0.517. The molecule has 0 saturated heterocycles. The van der Waals surface area contributed by atoms with E-state index >= 15 is 0 Å². The molecule has 0 saturated carbocycles. The molecule has 2 atom stereocenters. The Morgan fingerprint density at radius 1 is 1.24 bits per heavy atom. The molecule has 0 fully saturated rings. The average molecular weight is 550 g/mol. The number of esters is 1. The summed E-state index contributed by atoms with van der Waals surface area (Å²) in [7, 11) is 3.61. The van der Waals surface area contributed by atoms with Crippen LogP contribution in [0.15, 0.2) is 42.5 Å². The minimum absolute atomic E-state index is 0. The molecule has 3 aromatic rings. The van der Waals surface area contributed by atoms with E-state index in [1.807, 2.05) is 30.3 Å². The van der Waals surface area contributed by atoms with Crippen molar-refractivity contribution >= 4 is 29.4 Å². The van der Waals surface area contributed by atoms with Crippen molar-refractivity contribution in [2.24, 2.45) is 5.92 Å². The van der Waals surface area contributed by atoms with Crippen LogP contribution in [0.25, 0.3) is 11.0 Å². The Labute approximate surface area is 230 Å². The summed E-state index contributed by atoms with van der Waals surface area (Å²) in [6.07, 6.45) is 3.92. The number of aryl methyl sites for hydroxylation is 2. The molecule has 1 aliphatic carbocycles. The summed E-state index contributed by atoms with van der Waals surface area (Å²) in [5.41, 5.74) is 3.53. The van der Waals surface area contributed by atoms with Crippen LogP contribution in [0.5, 0.6) is 0 Å². The Balaban J connectivity index is 0.00000253. The highest BCUT2D eigenvalue weighted by Crippen LogP contribution is 2.48. The maximum absolute atomic E-state index is 14.0. The molecule has 0 radical (unpaired) electrons. The Morgan fingerprint density at radius 3 is 2.71 bits per heavy atom. The third-order valence-electron chi connectivity index (χ3n) is 7.38. The van der Waals surface area contributed by atoms with E-state index in [0.717, 1.165) is 53.9 Å². The van der Waals surface area contributed by atoms with Gasteiger partial charge in [-0.2, -0.15) is 0 Å². The average Bonchev–Trinajstić information content (AvgIpc) is 3.25. The van der Waals surface area contributed by atoms with Crippen LogP contribution in [0.1, 0.15) is 56.0 Å². The van der Waals surface area contributed by atoms with Gasteiger partial charge in [0, 0.05) is 32.4 Å². The number of para-hydroxylation sites is 2. The number of ether oxygens (including phenoxy) is 2. The topological polar surface area (TPSA) is 99.0 Å². The minimum Gasteiger partial charge on any atom is -0.457 e. The maximum atomic E-state index is 14.0. The summed E-state index contributed by atoms with van der Waals surface area (Å²) < 4.78 is 25.3. The number of hydrogen-bond acceptors (Lipinski definition) is 5. The summed E-state index contributed by atoms with van der Waals surface area (Å²) in [5, 5.41) is 0.